The Morgan fingerprint density at radius 3 is 2.45 bits per heavy atom. The molecule has 4 rings (SSSR count). The van der Waals surface area contributed by atoms with Crippen LogP contribution in [0.15, 0.2) is 54.6 Å². The molecule has 1 amide bonds. The van der Waals surface area contributed by atoms with Gasteiger partial charge in [0.05, 0.1) is 11.2 Å². The molecule has 31 heavy (non-hydrogen) atoms. The number of rotatable bonds is 7. The van der Waals surface area contributed by atoms with Gasteiger partial charge in [-0.2, -0.15) is 0 Å². The number of aliphatic carboxylic acids is 1. The summed E-state index contributed by atoms with van der Waals surface area (Å²) in [5.74, 6) is -0.669. The molecule has 1 aliphatic rings. The third-order valence-electron chi connectivity index (χ3n) is 5.92. The van der Waals surface area contributed by atoms with E-state index in [2.05, 4.69) is 6.07 Å². The summed E-state index contributed by atoms with van der Waals surface area (Å²) in [5, 5.41) is 9.88. The van der Waals surface area contributed by atoms with Crippen LogP contribution in [0.2, 0.25) is 0 Å². The first-order valence-corrected chi connectivity index (χ1v) is 11.1. The Kier molecular flexibility index (Phi) is 6.60. The fraction of sp³-hybridized carbons (Fsp3) is 0.346. The lowest BCUT2D eigenvalue weighted by Gasteiger charge is -2.26. The lowest BCUT2D eigenvalue weighted by Crippen LogP contribution is -2.35. The number of unbranched alkanes of at least 4 members (excludes halogenated alkanes) is 1. The molecule has 160 valence electrons. The van der Waals surface area contributed by atoms with E-state index in [9.17, 15) is 9.59 Å². The van der Waals surface area contributed by atoms with Gasteiger partial charge in [0, 0.05) is 36.0 Å². The molecule has 0 radical (unpaired) electrons. The highest BCUT2D eigenvalue weighted by molar-refractivity contribution is 5.98. The van der Waals surface area contributed by atoms with Gasteiger partial charge in [-0.1, -0.05) is 30.3 Å². The number of hydrogen-bond acceptors (Lipinski definition) is 3. The molecule has 0 aliphatic carbocycles. The molecule has 5 heteroatoms. The van der Waals surface area contributed by atoms with Gasteiger partial charge >= 0.3 is 5.97 Å². The van der Waals surface area contributed by atoms with Crippen molar-refractivity contribution >= 4 is 22.8 Å². The molecule has 1 aliphatic heterocycles. The summed E-state index contributed by atoms with van der Waals surface area (Å²) in [6.07, 6.45) is 5.68. The van der Waals surface area contributed by atoms with E-state index in [-0.39, 0.29) is 12.3 Å². The van der Waals surface area contributed by atoms with Gasteiger partial charge in [0.15, 0.2) is 0 Å². The number of likely N-dealkylation sites (tertiary alicyclic amines) is 1. The van der Waals surface area contributed by atoms with Crippen molar-refractivity contribution in [1.29, 1.82) is 0 Å². The van der Waals surface area contributed by atoms with Crippen molar-refractivity contribution in [3.8, 4) is 11.3 Å². The highest BCUT2D eigenvalue weighted by Crippen LogP contribution is 2.28. The topological polar surface area (TPSA) is 70.5 Å². The van der Waals surface area contributed by atoms with Crippen molar-refractivity contribution in [3.05, 3.63) is 65.7 Å². The fourth-order valence-electron chi connectivity index (χ4n) is 4.26. The minimum atomic E-state index is -0.763. The van der Waals surface area contributed by atoms with E-state index in [0.29, 0.717) is 12.0 Å². The Morgan fingerprint density at radius 2 is 1.71 bits per heavy atom. The first kappa shape index (κ1) is 21.0. The molecule has 5 nitrogen and oxygen atoms in total. The van der Waals surface area contributed by atoms with Crippen LogP contribution >= 0.6 is 0 Å². The Balaban J connectivity index is 1.66. The third-order valence-corrected chi connectivity index (χ3v) is 5.92. The molecule has 0 unspecified atom stereocenters. The van der Waals surface area contributed by atoms with Gasteiger partial charge in [0.2, 0.25) is 0 Å². The molecular weight excluding hydrogens is 388 g/mol. The quantitative estimate of drug-likeness (QED) is 0.529. The zero-order valence-corrected chi connectivity index (χ0v) is 17.7. The second-order valence-corrected chi connectivity index (χ2v) is 8.22. The largest absolute Gasteiger partial charge is 0.481 e. The van der Waals surface area contributed by atoms with Crippen LogP contribution in [-0.4, -0.2) is 40.0 Å². The smallest absolute Gasteiger partial charge is 0.303 e. The number of carboxylic acid groups (broad SMARTS) is 1. The number of piperidine rings is 1. The molecule has 1 saturated heterocycles. The van der Waals surface area contributed by atoms with E-state index in [1.165, 1.54) is 6.42 Å². The highest BCUT2D eigenvalue weighted by atomic mass is 16.4. The number of carbonyl (C=O) groups is 2. The zero-order chi connectivity index (χ0) is 21.6. The first-order valence-electron chi connectivity index (χ1n) is 11.1. The van der Waals surface area contributed by atoms with Crippen molar-refractivity contribution < 1.29 is 14.7 Å². The van der Waals surface area contributed by atoms with Crippen LogP contribution in [0.1, 0.15) is 54.4 Å². The Bertz CT molecular complexity index is 1070. The maximum Gasteiger partial charge on any atom is 0.303 e. The van der Waals surface area contributed by atoms with E-state index < -0.39 is 5.97 Å². The summed E-state index contributed by atoms with van der Waals surface area (Å²) in [5.41, 5.74) is 4.64. The molecule has 0 spiro atoms. The van der Waals surface area contributed by atoms with Crippen LogP contribution in [0.25, 0.3) is 22.2 Å². The predicted molar refractivity (Wildman–Crippen MR) is 122 cm³/mol. The van der Waals surface area contributed by atoms with Crippen LogP contribution < -0.4 is 0 Å². The number of carbonyl (C=O) groups excluding carboxylic acids is 1. The van der Waals surface area contributed by atoms with Crippen LogP contribution in [0.3, 0.4) is 0 Å². The number of fused-ring (bicyclic) bond motifs is 1. The summed E-state index contributed by atoms with van der Waals surface area (Å²) in [4.78, 5) is 30.7. The fourth-order valence-corrected chi connectivity index (χ4v) is 4.26. The van der Waals surface area contributed by atoms with Crippen molar-refractivity contribution in [2.24, 2.45) is 0 Å². The number of amides is 1. The van der Waals surface area contributed by atoms with Crippen LogP contribution in [0.4, 0.5) is 0 Å². The summed E-state index contributed by atoms with van der Waals surface area (Å²) in [7, 11) is 0. The van der Waals surface area contributed by atoms with Gasteiger partial charge < -0.3 is 10.0 Å². The number of carboxylic acids is 1. The second kappa shape index (κ2) is 9.73. The number of pyridine rings is 1. The monoisotopic (exact) mass is 416 g/mol. The van der Waals surface area contributed by atoms with Gasteiger partial charge in [-0.05, 0) is 68.4 Å². The minimum absolute atomic E-state index is 0.0942. The normalized spacial score (nSPS) is 14.0. The van der Waals surface area contributed by atoms with Crippen LogP contribution in [-0.2, 0) is 11.2 Å². The lowest BCUT2D eigenvalue weighted by molar-refractivity contribution is -0.137. The van der Waals surface area contributed by atoms with E-state index in [4.69, 9.17) is 10.1 Å². The summed E-state index contributed by atoms with van der Waals surface area (Å²) in [6.45, 7) is 1.66. The van der Waals surface area contributed by atoms with Crippen molar-refractivity contribution in [3.63, 3.8) is 0 Å². The van der Waals surface area contributed by atoms with Gasteiger partial charge in [0.1, 0.15) is 0 Å². The molecule has 2 heterocycles. The molecule has 0 bridgehead atoms. The van der Waals surface area contributed by atoms with Crippen LogP contribution in [0.5, 0.6) is 0 Å². The van der Waals surface area contributed by atoms with Crippen molar-refractivity contribution in [2.45, 2.75) is 44.9 Å². The summed E-state index contributed by atoms with van der Waals surface area (Å²) < 4.78 is 0. The highest BCUT2D eigenvalue weighted by Gasteiger charge is 2.19. The third kappa shape index (κ3) is 5.10. The molecule has 0 atom stereocenters. The van der Waals surface area contributed by atoms with E-state index in [0.717, 1.165) is 66.5 Å². The number of hydrogen-bond donors (Lipinski definition) is 1. The molecule has 1 N–H and O–H groups in total. The van der Waals surface area contributed by atoms with Gasteiger partial charge in [0.25, 0.3) is 5.91 Å². The van der Waals surface area contributed by atoms with E-state index in [1.807, 2.05) is 53.4 Å². The van der Waals surface area contributed by atoms with E-state index >= 15 is 0 Å². The SMILES string of the molecule is O=C(O)CCCCc1cc2cc(C(=O)N3CCCCC3)ccc2nc1-c1ccccc1. The number of aryl methyl sites for hydroxylation is 1. The van der Waals surface area contributed by atoms with E-state index in [1.54, 1.807) is 0 Å². The van der Waals surface area contributed by atoms with Crippen LogP contribution in [0, 0.1) is 0 Å². The number of nitrogens with zero attached hydrogens (tertiary/aromatic N) is 2. The Hall–Kier alpha value is -3.21. The zero-order valence-electron chi connectivity index (χ0n) is 17.7. The van der Waals surface area contributed by atoms with Crippen molar-refractivity contribution in [1.82, 2.24) is 9.88 Å². The molecule has 1 aromatic heterocycles. The number of benzene rings is 2. The molecular formula is C26H28N2O3. The van der Waals surface area contributed by atoms with Gasteiger partial charge in [-0.25, -0.2) is 4.98 Å². The average molecular weight is 417 g/mol. The molecule has 2 aromatic carbocycles. The molecule has 1 fully saturated rings. The molecule has 3 aromatic rings. The average Bonchev–Trinajstić information content (AvgIpc) is 2.81. The Morgan fingerprint density at radius 1 is 0.935 bits per heavy atom. The lowest BCUT2D eigenvalue weighted by atomic mass is 9.98. The standard InChI is InChI=1S/C26H28N2O3/c29-24(30)12-6-5-11-20-17-22-18-21(26(31)28-15-7-2-8-16-28)13-14-23(22)27-25(20)19-9-3-1-4-10-19/h1,3-4,9-10,13-14,17-18H,2,5-8,11-12,15-16H2,(H,29,30). The second-order valence-electron chi connectivity index (χ2n) is 8.22. The van der Waals surface area contributed by atoms with Gasteiger partial charge in [-0.3, -0.25) is 9.59 Å². The maximum atomic E-state index is 12.9. The molecule has 0 saturated carbocycles. The first-order chi connectivity index (χ1) is 15.1. The number of aromatic nitrogens is 1. The minimum Gasteiger partial charge on any atom is -0.481 e. The maximum absolute atomic E-state index is 12.9. The summed E-state index contributed by atoms with van der Waals surface area (Å²) >= 11 is 0. The summed E-state index contributed by atoms with van der Waals surface area (Å²) in [6, 6.07) is 18.0. The van der Waals surface area contributed by atoms with Crippen molar-refractivity contribution in [2.75, 3.05) is 13.1 Å². The predicted octanol–water partition coefficient (Wildman–Crippen LogP) is 5.33. The Labute approximate surface area is 182 Å². The van der Waals surface area contributed by atoms with Gasteiger partial charge in [-0.15, -0.1) is 0 Å².